The van der Waals surface area contributed by atoms with E-state index in [1.165, 1.54) is 6.42 Å². The number of carboxylic acids is 1. The number of aromatic nitrogens is 5. The summed E-state index contributed by atoms with van der Waals surface area (Å²) in [7, 11) is 0. The second-order valence-electron chi connectivity index (χ2n) is 9.23. The summed E-state index contributed by atoms with van der Waals surface area (Å²) >= 11 is 6.47. The van der Waals surface area contributed by atoms with Crippen LogP contribution in [0.1, 0.15) is 55.1 Å². The fourth-order valence-corrected chi connectivity index (χ4v) is 4.75. The Hall–Kier alpha value is -4.27. The highest BCUT2D eigenvalue weighted by Gasteiger charge is 2.38. The van der Waals surface area contributed by atoms with E-state index in [4.69, 9.17) is 37.0 Å². The molecule has 3 aromatic heterocycles. The maximum atomic E-state index is 13.4. The van der Waals surface area contributed by atoms with Crippen molar-refractivity contribution in [2.45, 2.75) is 45.3 Å². The molecule has 5 rings (SSSR count). The van der Waals surface area contributed by atoms with Gasteiger partial charge in [0.15, 0.2) is 11.5 Å². The van der Waals surface area contributed by atoms with E-state index < -0.39 is 18.2 Å². The summed E-state index contributed by atoms with van der Waals surface area (Å²) < 4.78 is 39.2. The molecule has 0 spiro atoms. The normalized spacial score (nSPS) is 14.4. The van der Waals surface area contributed by atoms with Gasteiger partial charge in [-0.3, -0.25) is 9.89 Å². The van der Waals surface area contributed by atoms with Gasteiger partial charge in [-0.25, -0.2) is 14.3 Å². The fourth-order valence-electron chi connectivity index (χ4n) is 4.49. The van der Waals surface area contributed by atoms with Crippen LogP contribution in [0.2, 0.25) is 5.02 Å². The van der Waals surface area contributed by atoms with Crippen LogP contribution in [0.3, 0.4) is 0 Å². The second kappa shape index (κ2) is 12.1. The molecule has 4 heterocycles. The zero-order chi connectivity index (χ0) is 29.9. The Morgan fingerprint density at radius 3 is 2.61 bits per heavy atom. The summed E-state index contributed by atoms with van der Waals surface area (Å²) in [6.45, 7) is 6.11. The first-order valence-corrected chi connectivity index (χ1v) is 13.1. The van der Waals surface area contributed by atoms with E-state index in [9.17, 15) is 18.0 Å². The van der Waals surface area contributed by atoms with Crippen LogP contribution < -0.4 is 20.7 Å². The maximum absolute atomic E-state index is 13.4. The van der Waals surface area contributed by atoms with Crippen molar-refractivity contribution in [3.8, 4) is 5.75 Å². The minimum Gasteiger partial charge on any atom is -0.491 e. The van der Waals surface area contributed by atoms with Gasteiger partial charge in [-0.2, -0.15) is 18.3 Å². The number of ether oxygens (including phenoxy) is 1. The predicted molar refractivity (Wildman–Crippen MR) is 145 cm³/mol. The first kappa shape index (κ1) is 29.7. The molecule has 1 saturated heterocycles. The summed E-state index contributed by atoms with van der Waals surface area (Å²) in [4.78, 5) is 29.3. The molecule has 0 saturated carbocycles. The van der Waals surface area contributed by atoms with Crippen molar-refractivity contribution in [3.05, 3.63) is 40.7 Å². The molecule has 41 heavy (non-hydrogen) atoms. The smallest absolute Gasteiger partial charge is 0.490 e. The van der Waals surface area contributed by atoms with Gasteiger partial charge in [0.05, 0.1) is 23.9 Å². The molecule has 4 aromatic rings. The molecular formula is C25H28ClF3N8O4. The molecule has 16 heteroatoms. The molecule has 220 valence electrons. The number of carbonyl (C=O) groups excluding carboxylic acids is 1. The van der Waals surface area contributed by atoms with E-state index in [-0.39, 0.29) is 17.3 Å². The summed E-state index contributed by atoms with van der Waals surface area (Å²) in [5.74, 6) is -1.57. The highest BCUT2D eigenvalue weighted by atomic mass is 35.5. The lowest BCUT2D eigenvalue weighted by molar-refractivity contribution is -0.192. The van der Waals surface area contributed by atoms with Gasteiger partial charge < -0.3 is 25.8 Å². The van der Waals surface area contributed by atoms with Crippen LogP contribution >= 0.6 is 11.6 Å². The number of carbonyl (C=O) groups is 2. The van der Waals surface area contributed by atoms with Crippen molar-refractivity contribution >= 4 is 51.7 Å². The summed E-state index contributed by atoms with van der Waals surface area (Å²) in [6.07, 6.45) is 1.84. The number of nitrogen functional groups attached to an aromatic ring is 1. The number of H-pyrrole nitrogens is 1. The molecule has 1 amide bonds. The number of anilines is 2. The third kappa shape index (κ3) is 6.39. The van der Waals surface area contributed by atoms with Crippen molar-refractivity contribution in [1.82, 2.24) is 30.1 Å². The van der Waals surface area contributed by atoms with Gasteiger partial charge in [0, 0.05) is 30.2 Å². The molecule has 1 unspecified atom stereocenters. The molecule has 1 aliphatic heterocycles. The number of piperidine rings is 1. The average molecular weight is 597 g/mol. The highest BCUT2D eigenvalue weighted by Crippen LogP contribution is 2.37. The fraction of sp³-hybridized carbons (Fsp3) is 0.400. The van der Waals surface area contributed by atoms with Crippen LogP contribution in [0.4, 0.5) is 24.8 Å². The van der Waals surface area contributed by atoms with Gasteiger partial charge >= 0.3 is 12.1 Å². The molecule has 1 atom stereocenters. The first-order valence-electron chi connectivity index (χ1n) is 12.7. The van der Waals surface area contributed by atoms with Crippen molar-refractivity contribution in [2.75, 3.05) is 30.3 Å². The Labute approximate surface area is 236 Å². The molecule has 0 bridgehead atoms. The second-order valence-corrected chi connectivity index (χ2v) is 9.64. The van der Waals surface area contributed by atoms with Crippen molar-refractivity contribution in [1.29, 1.82) is 0 Å². The molecule has 1 aromatic carbocycles. The summed E-state index contributed by atoms with van der Waals surface area (Å²) in [5.41, 5.74) is 8.25. The van der Waals surface area contributed by atoms with E-state index in [1.807, 2.05) is 19.9 Å². The van der Waals surface area contributed by atoms with Crippen LogP contribution in [0.5, 0.6) is 5.75 Å². The average Bonchev–Trinajstić information content (AvgIpc) is 3.54. The monoisotopic (exact) mass is 596 g/mol. The third-order valence-electron chi connectivity index (χ3n) is 6.42. The number of hydrogen-bond donors (Lipinski definition) is 4. The van der Waals surface area contributed by atoms with E-state index in [1.54, 1.807) is 23.0 Å². The lowest BCUT2D eigenvalue weighted by Gasteiger charge is -2.27. The number of fused-ring (bicyclic) bond motifs is 2. The largest absolute Gasteiger partial charge is 0.491 e. The number of rotatable bonds is 6. The molecule has 1 aliphatic rings. The number of amides is 1. The number of aliphatic carboxylic acids is 1. The van der Waals surface area contributed by atoms with Crippen LogP contribution in [-0.4, -0.2) is 67.7 Å². The van der Waals surface area contributed by atoms with E-state index in [2.05, 4.69) is 25.5 Å². The Bertz CT molecular complexity index is 1570. The number of hydrogen-bond acceptors (Lipinski definition) is 8. The number of carboxylic acid groups (broad SMARTS) is 1. The zero-order valence-electron chi connectivity index (χ0n) is 22.1. The minimum atomic E-state index is -5.08. The topological polar surface area (TPSA) is 164 Å². The lowest BCUT2D eigenvalue weighted by Crippen LogP contribution is -2.30. The molecular weight excluding hydrogens is 569 g/mol. The van der Waals surface area contributed by atoms with Gasteiger partial charge in [-0.05, 0) is 45.2 Å². The summed E-state index contributed by atoms with van der Waals surface area (Å²) in [5, 5.41) is 22.7. The van der Waals surface area contributed by atoms with E-state index in [0.29, 0.717) is 28.5 Å². The minimum absolute atomic E-state index is 0.125. The number of nitrogens with zero attached hydrogens (tertiary/aromatic N) is 5. The van der Waals surface area contributed by atoms with Crippen LogP contribution in [0.25, 0.3) is 16.6 Å². The third-order valence-corrected chi connectivity index (χ3v) is 6.73. The Morgan fingerprint density at radius 2 is 1.98 bits per heavy atom. The Balaban J connectivity index is 0.000000493. The molecule has 0 aliphatic carbocycles. The molecule has 12 nitrogen and oxygen atoms in total. The van der Waals surface area contributed by atoms with E-state index >= 15 is 0 Å². The number of nitrogens with two attached hydrogens (primary N) is 1. The van der Waals surface area contributed by atoms with Crippen LogP contribution in [0, 0.1) is 0 Å². The number of halogens is 4. The van der Waals surface area contributed by atoms with Crippen molar-refractivity contribution < 1.29 is 32.6 Å². The maximum Gasteiger partial charge on any atom is 0.490 e. The Kier molecular flexibility index (Phi) is 8.75. The standard InChI is InChI=1S/C23H27ClN8O2.C2HF3O2/c1-3-34-20-14(11-16(24)15-12-26-29-19(15)20)13(2)27-23(33)18-21(25)30-32-10-7-17(28-22(18)32)31-8-5-4-6-9-31;3-2(4,5)1(6)7/h7,10-13H,3-6,8-9H2,1-2H3,(H2,25,30)(H,26,29)(H,27,33);(H,6,7). The van der Waals surface area contributed by atoms with Crippen LogP contribution in [-0.2, 0) is 4.79 Å². The number of benzene rings is 1. The molecule has 5 N–H and O–H groups in total. The van der Waals surface area contributed by atoms with Gasteiger partial charge in [-0.1, -0.05) is 11.6 Å². The first-order chi connectivity index (χ1) is 19.4. The molecule has 1 fully saturated rings. The van der Waals surface area contributed by atoms with E-state index in [0.717, 1.165) is 42.7 Å². The number of alkyl halides is 3. The SMILES string of the molecule is CCOc1c(C(C)NC(=O)c2c(N)nn3ccc(N4CCCCC4)nc23)cc(Cl)c2cn[nH]c12.O=C(O)C(F)(F)F. The molecule has 0 radical (unpaired) electrons. The Morgan fingerprint density at radius 1 is 1.29 bits per heavy atom. The summed E-state index contributed by atoms with van der Waals surface area (Å²) in [6, 6.07) is 3.27. The van der Waals surface area contributed by atoms with Crippen molar-refractivity contribution in [2.24, 2.45) is 0 Å². The zero-order valence-corrected chi connectivity index (χ0v) is 22.9. The van der Waals surface area contributed by atoms with Gasteiger partial charge in [-0.15, -0.1) is 5.10 Å². The van der Waals surface area contributed by atoms with Gasteiger partial charge in [0.2, 0.25) is 0 Å². The van der Waals surface area contributed by atoms with Gasteiger partial charge in [0.25, 0.3) is 5.91 Å². The quantitative estimate of drug-likeness (QED) is 0.253. The van der Waals surface area contributed by atoms with Crippen LogP contribution in [0.15, 0.2) is 24.5 Å². The van der Waals surface area contributed by atoms with Gasteiger partial charge in [0.1, 0.15) is 22.6 Å². The number of aromatic amines is 1. The lowest BCUT2D eigenvalue weighted by atomic mass is 10.0. The number of nitrogens with one attached hydrogen (secondary N) is 2. The highest BCUT2D eigenvalue weighted by molar-refractivity contribution is 6.35. The van der Waals surface area contributed by atoms with Crippen molar-refractivity contribution in [3.63, 3.8) is 0 Å². The predicted octanol–water partition coefficient (Wildman–Crippen LogP) is 4.35.